The molecular weight excluding hydrogens is 156 g/mol. The Hall–Kier alpha value is 0.310. The number of rotatable bonds is 6. The van der Waals surface area contributed by atoms with Gasteiger partial charge in [0, 0.05) is 0 Å². The van der Waals surface area contributed by atoms with Gasteiger partial charge in [0.25, 0.3) is 0 Å². The number of unbranched alkanes of at least 4 members (excludes halogenated alkanes) is 2. The van der Waals surface area contributed by atoms with Crippen molar-refractivity contribution in [3.8, 4) is 0 Å². The zero-order chi connectivity index (χ0) is 7.82. The highest BCUT2D eigenvalue weighted by atomic mass is 32.2. The average molecular weight is 178 g/mol. The molecule has 0 saturated carbocycles. The van der Waals surface area contributed by atoms with Crippen molar-refractivity contribution in [2.45, 2.75) is 39.5 Å². The molecule has 0 unspecified atom stereocenters. The highest BCUT2D eigenvalue weighted by molar-refractivity contribution is 7.96. The second kappa shape index (κ2) is 10.3. The van der Waals surface area contributed by atoms with E-state index in [9.17, 15) is 0 Å². The fourth-order valence-electron chi connectivity index (χ4n) is 0.884. The van der Waals surface area contributed by atoms with Crippen molar-refractivity contribution in [3.05, 3.63) is 0 Å². The SMILES string of the molecule is CCCC[S+](C)CCCC.[OH-]. The summed E-state index contributed by atoms with van der Waals surface area (Å²) in [5.41, 5.74) is 0. The Kier molecular flexibility index (Phi) is 13.0. The van der Waals surface area contributed by atoms with E-state index in [1.807, 2.05) is 0 Å². The van der Waals surface area contributed by atoms with Crippen LogP contribution in [-0.4, -0.2) is 23.2 Å². The van der Waals surface area contributed by atoms with Crippen molar-refractivity contribution < 1.29 is 5.48 Å². The average Bonchev–Trinajstić information content (AvgIpc) is 1.97. The van der Waals surface area contributed by atoms with Crippen LogP contribution in [0.4, 0.5) is 0 Å². The van der Waals surface area contributed by atoms with Crippen molar-refractivity contribution in [3.63, 3.8) is 0 Å². The molecule has 70 valence electrons. The molecule has 0 aromatic heterocycles. The van der Waals surface area contributed by atoms with Gasteiger partial charge in [0.2, 0.25) is 0 Å². The molecule has 2 heteroatoms. The van der Waals surface area contributed by atoms with Crippen molar-refractivity contribution in [2.75, 3.05) is 17.8 Å². The van der Waals surface area contributed by atoms with Crippen LogP contribution in [0, 0.1) is 0 Å². The minimum absolute atomic E-state index is 0. The van der Waals surface area contributed by atoms with Crippen LogP contribution in [0.3, 0.4) is 0 Å². The first-order valence-electron chi connectivity index (χ1n) is 4.40. The molecular formula is C9H22OS. The predicted molar refractivity (Wildman–Crippen MR) is 54.8 cm³/mol. The molecule has 0 rings (SSSR count). The molecule has 1 nitrogen and oxygen atoms in total. The molecule has 0 amide bonds. The maximum absolute atomic E-state index is 2.41. The molecule has 0 bridgehead atoms. The van der Waals surface area contributed by atoms with E-state index in [2.05, 4.69) is 20.1 Å². The maximum Gasteiger partial charge on any atom is 0.107 e. The Labute approximate surface area is 74.2 Å². The van der Waals surface area contributed by atoms with E-state index in [-0.39, 0.29) is 5.48 Å². The highest BCUT2D eigenvalue weighted by Gasteiger charge is 2.07. The van der Waals surface area contributed by atoms with Crippen LogP contribution in [0.2, 0.25) is 0 Å². The lowest BCUT2D eigenvalue weighted by atomic mass is 10.4. The third-order valence-corrected chi connectivity index (χ3v) is 3.66. The monoisotopic (exact) mass is 178 g/mol. The van der Waals surface area contributed by atoms with Crippen molar-refractivity contribution in [2.24, 2.45) is 0 Å². The topological polar surface area (TPSA) is 30.0 Å². The van der Waals surface area contributed by atoms with E-state index >= 15 is 0 Å². The van der Waals surface area contributed by atoms with Gasteiger partial charge >= 0.3 is 0 Å². The normalized spacial score (nSPS) is 9.82. The quantitative estimate of drug-likeness (QED) is 0.575. The molecule has 0 radical (unpaired) electrons. The maximum atomic E-state index is 2.41. The van der Waals surface area contributed by atoms with Gasteiger partial charge in [-0.15, -0.1) is 0 Å². The Morgan fingerprint density at radius 1 is 0.909 bits per heavy atom. The van der Waals surface area contributed by atoms with Crippen LogP contribution in [0.1, 0.15) is 39.5 Å². The first-order chi connectivity index (χ1) is 4.81. The third kappa shape index (κ3) is 10.3. The Bertz CT molecular complexity index is 58.6. The summed E-state index contributed by atoms with van der Waals surface area (Å²) < 4.78 is 0. The van der Waals surface area contributed by atoms with Crippen LogP contribution in [0.15, 0.2) is 0 Å². The molecule has 0 aromatic carbocycles. The largest absolute Gasteiger partial charge is 0.870 e. The lowest BCUT2D eigenvalue weighted by Crippen LogP contribution is -2.09. The molecule has 0 heterocycles. The molecule has 0 aliphatic carbocycles. The molecule has 0 atom stereocenters. The van der Waals surface area contributed by atoms with E-state index < -0.39 is 0 Å². The summed E-state index contributed by atoms with van der Waals surface area (Å²) >= 11 is 0. The zero-order valence-corrected chi connectivity index (χ0v) is 8.91. The number of hydrogen-bond acceptors (Lipinski definition) is 1. The summed E-state index contributed by atoms with van der Waals surface area (Å²) in [7, 11) is 0.730. The third-order valence-electron chi connectivity index (χ3n) is 1.69. The molecule has 11 heavy (non-hydrogen) atoms. The zero-order valence-electron chi connectivity index (χ0n) is 8.10. The Balaban J connectivity index is 0. The molecule has 0 aliphatic rings. The van der Waals surface area contributed by atoms with Crippen molar-refractivity contribution in [1.29, 1.82) is 0 Å². The summed E-state index contributed by atoms with van der Waals surface area (Å²) in [4.78, 5) is 0. The second-order valence-corrected chi connectivity index (χ2v) is 5.28. The molecule has 0 aromatic rings. The van der Waals surface area contributed by atoms with Crippen LogP contribution >= 0.6 is 0 Å². The fourth-order valence-corrected chi connectivity index (χ4v) is 2.65. The van der Waals surface area contributed by atoms with Crippen molar-refractivity contribution >= 4 is 10.9 Å². The summed E-state index contributed by atoms with van der Waals surface area (Å²) in [6, 6.07) is 0. The second-order valence-electron chi connectivity index (χ2n) is 2.90. The van der Waals surface area contributed by atoms with Crippen LogP contribution in [0.25, 0.3) is 0 Å². The van der Waals surface area contributed by atoms with E-state index in [1.54, 1.807) is 0 Å². The first-order valence-corrected chi connectivity index (χ1v) is 6.37. The van der Waals surface area contributed by atoms with Gasteiger partial charge in [0.05, 0.1) is 6.26 Å². The molecule has 0 saturated heterocycles. The van der Waals surface area contributed by atoms with Gasteiger partial charge in [-0.25, -0.2) is 0 Å². The van der Waals surface area contributed by atoms with Gasteiger partial charge < -0.3 is 5.48 Å². The molecule has 0 aliphatic heterocycles. The summed E-state index contributed by atoms with van der Waals surface area (Å²) in [6.45, 7) is 4.55. The Morgan fingerprint density at radius 3 is 1.55 bits per heavy atom. The molecule has 1 N–H and O–H groups in total. The van der Waals surface area contributed by atoms with Crippen LogP contribution in [0.5, 0.6) is 0 Å². The highest BCUT2D eigenvalue weighted by Crippen LogP contribution is 2.01. The summed E-state index contributed by atoms with van der Waals surface area (Å²) in [5, 5.41) is 0. The first kappa shape index (κ1) is 13.9. The Morgan fingerprint density at radius 2 is 1.27 bits per heavy atom. The lowest BCUT2D eigenvalue weighted by molar-refractivity contribution is 0.824. The van der Waals surface area contributed by atoms with E-state index in [4.69, 9.17) is 0 Å². The minimum atomic E-state index is 0. The van der Waals surface area contributed by atoms with Gasteiger partial charge in [-0.05, 0) is 23.7 Å². The lowest BCUT2D eigenvalue weighted by Gasteiger charge is -2.00. The van der Waals surface area contributed by atoms with E-state index in [1.165, 1.54) is 37.2 Å². The number of hydrogen-bond donors (Lipinski definition) is 0. The van der Waals surface area contributed by atoms with Gasteiger partial charge in [0.15, 0.2) is 0 Å². The minimum Gasteiger partial charge on any atom is -0.870 e. The standard InChI is InChI=1S/C9H21S.H2O/c1-4-6-8-10(3)9-7-5-2;/h4-9H2,1-3H3;1H2/q+1;/p-1. The fraction of sp³-hybridized carbons (Fsp3) is 1.00. The van der Waals surface area contributed by atoms with Gasteiger partial charge in [-0.2, -0.15) is 0 Å². The van der Waals surface area contributed by atoms with Crippen LogP contribution in [-0.2, 0) is 10.9 Å². The smallest absolute Gasteiger partial charge is 0.107 e. The predicted octanol–water partition coefficient (Wildman–Crippen LogP) is 2.66. The molecule has 0 spiro atoms. The summed E-state index contributed by atoms with van der Waals surface area (Å²) in [5.74, 6) is 2.94. The van der Waals surface area contributed by atoms with E-state index in [0.717, 1.165) is 10.9 Å². The van der Waals surface area contributed by atoms with Gasteiger partial charge in [-0.3, -0.25) is 0 Å². The van der Waals surface area contributed by atoms with Gasteiger partial charge in [0.1, 0.15) is 11.5 Å². The van der Waals surface area contributed by atoms with Crippen molar-refractivity contribution in [1.82, 2.24) is 0 Å². The van der Waals surface area contributed by atoms with Gasteiger partial charge in [-0.1, -0.05) is 26.7 Å². The summed E-state index contributed by atoms with van der Waals surface area (Å²) in [6.07, 6.45) is 8.00. The van der Waals surface area contributed by atoms with E-state index in [0.29, 0.717) is 0 Å². The van der Waals surface area contributed by atoms with Crippen LogP contribution < -0.4 is 0 Å². The molecule has 0 fully saturated rings.